The van der Waals surface area contributed by atoms with Gasteiger partial charge in [0, 0.05) is 33.2 Å². The maximum Gasteiger partial charge on any atom is 0.198 e. The third-order valence-corrected chi connectivity index (χ3v) is 11.5. The summed E-state index contributed by atoms with van der Waals surface area (Å²) >= 11 is 0. The molecule has 0 saturated carbocycles. The van der Waals surface area contributed by atoms with Crippen molar-refractivity contribution in [3.63, 3.8) is 0 Å². The van der Waals surface area contributed by atoms with Crippen molar-refractivity contribution in [3.8, 4) is 11.1 Å². The molecule has 11 rings (SSSR count). The van der Waals surface area contributed by atoms with Gasteiger partial charge in [-0.3, -0.25) is 0 Å². The lowest BCUT2D eigenvalue weighted by molar-refractivity contribution is 0.732. The molecule has 3 heteroatoms. The average Bonchev–Trinajstić information content (AvgIpc) is 3.55. The van der Waals surface area contributed by atoms with E-state index < -0.39 is 5.41 Å². The second kappa shape index (κ2) is 10.6. The molecule has 0 spiro atoms. The number of H-pyrrole nitrogens is 1. The summed E-state index contributed by atoms with van der Waals surface area (Å²) in [7, 11) is 0.854. The number of aromatic amines is 1. The minimum absolute atomic E-state index is 0.468. The van der Waals surface area contributed by atoms with Gasteiger partial charge in [0.2, 0.25) is 0 Å². The third-order valence-electron chi connectivity index (χ3n) is 11.5. The van der Waals surface area contributed by atoms with Crippen molar-refractivity contribution in [1.82, 2.24) is 4.98 Å². The van der Waals surface area contributed by atoms with Crippen LogP contribution in [-0.2, 0) is 5.41 Å². The maximum atomic E-state index is 3.88. The Hall–Kier alpha value is -6.32. The van der Waals surface area contributed by atoms with Gasteiger partial charge in [-0.2, -0.15) is 0 Å². The first-order valence-corrected chi connectivity index (χ1v) is 17.9. The van der Waals surface area contributed by atoms with E-state index in [1.165, 1.54) is 99.5 Å². The van der Waals surface area contributed by atoms with Crippen molar-refractivity contribution in [3.05, 3.63) is 198 Å². The molecule has 2 aliphatic heterocycles. The number of nitrogens with zero attached hydrogens (tertiary/aromatic N) is 1. The Balaban J connectivity index is 1.20. The highest BCUT2D eigenvalue weighted by Gasteiger charge is 2.48. The van der Waals surface area contributed by atoms with Crippen LogP contribution in [-0.4, -0.2) is 12.3 Å². The lowest BCUT2D eigenvalue weighted by Crippen LogP contribution is -2.47. The maximum absolute atomic E-state index is 3.88. The molecule has 8 aromatic carbocycles. The molecule has 9 aromatic rings. The van der Waals surface area contributed by atoms with Crippen LogP contribution in [0.5, 0.6) is 0 Å². The fraction of sp³-hybridized carbons (Fsp3) is 0.0417. The molecule has 238 valence electrons. The van der Waals surface area contributed by atoms with Crippen molar-refractivity contribution < 1.29 is 0 Å². The van der Waals surface area contributed by atoms with Crippen LogP contribution in [0.2, 0.25) is 0 Å². The molecular formula is C48H33BN2. The lowest BCUT2D eigenvalue weighted by atomic mass is 9.54. The van der Waals surface area contributed by atoms with E-state index in [2.05, 4.69) is 187 Å². The quantitative estimate of drug-likeness (QED) is 0.189. The highest BCUT2D eigenvalue weighted by molar-refractivity contribution is 6.73. The van der Waals surface area contributed by atoms with Crippen molar-refractivity contribution in [1.29, 1.82) is 0 Å². The summed E-state index contributed by atoms with van der Waals surface area (Å²) in [5.41, 5.74) is 17.4. The van der Waals surface area contributed by atoms with Crippen LogP contribution in [0.15, 0.2) is 170 Å². The largest absolute Gasteiger partial charge is 0.354 e. The van der Waals surface area contributed by atoms with Gasteiger partial charge in [0.05, 0.1) is 16.6 Å². The predicted octanol–water partition coefficient (Wildman–Crippen LogP) is 10.3. The normalized spacial score (nSPS) is 13.9. The molecule has 0 radical (unpaired) electrons. The average molecular weight is 649 g/mol. The topological polar surface area (TPSA) is 19.0 Å². The molecule has 0 unspecified atom stereocenters. The Morgan fingerprint density at radius 3 is 1.98 bits per heavy atom. The van der Waals surface area contributed by atoms with Gasteiger partial charge in [0.25, 0.3) is 0 Å². The van der Waals surface area contributed by atoms with Gasteiger partial charge < -0.3 is 9.88 Å². The molecule has 1 N–H and O–H groups in total. The first-order valence-electron chi connectivity index (χ1n) is 17.9. The molecule has 0 atom stereocenters. The molecule has 0 fully saturated rings. The number of rotatable bonds is 3. The molecular weight excluding hydrogens is 615 g/mol. The first kappa shape index (κ1) is 28.5. The summed E-state index contributed by atoms with van der Waals surface area (Å²) in [4.78, 5) is 6.46. The molecule has 0 aliphatic carbocycles. The highest BCUT2D eigenvalue weighted by atomic mass is 15.2. The lowest BCUT2D eigenvalue weighted by Gasteiger charge is -2.49. The highest BCUT2D eigenvalue weighted by Crippen LogP contribution is 2.57. The van der Waals surface area contributed by atoms with E-state index in [0.717, 1.165) is 7.28 Å². The SMILES string of the molecule is Cc1cc(-c2cccc3c2[nH]c2cc4ccccc4cc23)c2c(c1)N1c3ccccc3C(c3ccccc3)(c3ccccc3)c3cccc(c31)B2. The molecule has 51 heavy (non-hydrogen) atoms. The van der Waals surface area contributed by atoms with Gasteiger partial charge in [-0.15, -0.1) is 0 Å². The number of nitrogens with one attached hydrogen (secondary N) is 1. The van der Waals surface area contributed by atoms with E-state index in [1.807, 2.05) is 0 Å². The number of para-hydroxylation sites is 3. The molecule has 3 heterocycles. The molecule has 1 aromatic heterocycles. The van der Waals surface area contributed by atoms with Gasteiger partial charge in [-0.1, -0.05) is 151 Å². The van der Waals surface area contributed by atoms with Gasteiger partial charge in [0.15, 0.2) is 7.28 Å². The Morgan fingerprint density at radius 2 is 1.20 bits per heavy atom. The van der Waals surface area contributed by atoms with Crippen LogP contribution < -0.4 is 15.8 Å². The van der Waals surface area contributed by atoms with E-state index >= 15 is 0 Å². The first-order chi connectivity index (χ1) is 25.2. The Morgan fingerprint density at radius 1 is 0.529 bits per heavy atom. The van der Waals surface area contributed by atoms with Crippen LogP contribution in [0.1, 0.15) is 27.8 Å². The van der Waals surface area contributed by atoms with Crippen LogP contribution >= 0.6 is 0 Å². The third kappa shape index (κ3) is 3.89. The number of benzene rings is 8. The Bertz CT molecular complexity index is 2810. The fourth-order valence-electron chi connectivity index (χ4n) is 9.42. The smallest absolute Gasteiger partial charge is 0.198 e. The summed E-state index contributed by atoms with van der Waals surface area (Å²) in [5.74, 6) is 0. The zero-order valence-electron chi connectivity index (χ0n) is 28.3. The number of hydrogen-bond donors (Lipinski definition) is 1. The van der Waals surface area contributed by atoms with E-state index in [4.69, 9.17) is 0 Å². The monoisotopic (exact) mass is 648 g/mol. The fourth-order valence-corrected chi connectivity index (χ4v) is 9.42. The van der Waals surface area contributed by atoms with Gasteiger partial charge in [-0.25, -0.2) is 0 Å². The number of fused-ring (bicyclic) bond motifs is 8. The van der Waals surface area contributed by atoms with Crippen LogP contribution in [0.3, 0.4) is 0 Å². The van der Waals surface area contributed by atoms with Gasteiger partial charge >= 0.3 is 0 Å². The Kier molecular flexibility index (Phi) is 5.92. The van der Waals surface area contributed by atoms with E-state index in [1.54, 1.807) is 0 Å². The summed E-state index contributed by atoms with van der Waals surface area (Å²) in [6, 6.07) is 63.2. The minimum atomic E-state index is -0.468. The zero-order valence-corrected chi connectivity index (χ0v) is 28.3. The number of aromatic nitrogens is 1. The second-order valence-electron chi connectivity index (χ2n) is 14.2. The summed E-state index contributed by atoms with van der Waals surface area (Å²) in [6.07, 6.45) is 0. The second-order valence-corrected chi connectivity index (χ2v) is 14.2. The molecule has 0 bridgehead atoms. The standard InChI is InChI=1S/C48H33BN2/c1-30-26-38(36-21-12-20-35-37-28-31-14-8-9-15-32(31)29-42(37)50-46(35)36)45-44(27-30)51-43-25-11-10-22-39(43)48(33-16-4-2-5-17-33,34-18-6-3-7-19-34)40-23-13-24-41(49-45)47(40)51/h2-29,49-50H,1H3. The van der Waals surface area contributed by atoms with E-state index in [0.29, 0.717) is 0 Å². The molecule has 2 nitrogen and oxygen atoms in total. The van der Waals surface area contributed by atoms with Crippen molar-refractivity contribution in [2.24, 2.45) is 0 Å². The van der Waals surface area contributed by atoms with Gasteiger partial charge in [0.1, 0.15) is 0 Å². The molecule has 0 saturated heterocycles. The Labute approximate surface area is 297 Å². The van der Waals surface area contributed by atoms with Crippen molar-refractivity contribution >= 4 is 67.8 Å². The van der Waals surface area contributed by atoms with E-state index in [9.17, 15) is 0 Å². The van der Waals surface area contributed by atoms with Crippen molar-refractivity contribution in [2.75, 3.05) is 4.90 Å². The van der Waals surface area contributed by atoms with Crippen molar-refractivity contribution in [2.45, 2.75) is 12.3 Å². The summed E-state index contributed by atoms with van der Waals surface area (Å²) < 4.78 is 0. The summed E-state index contributed by atoms with van der Waals surface area (Å²) in [5, 5.41) is 5.05. The zero-order chi connectivity index (χ0) is 33.7. The van der Waals surface area contributed by atoms with Crippen LogP contribution in [0.4, 0.5) is 17.1 Å². The number of hydrogen-bond acceptors (Lipinski definition) is 1. The number of aryl methyl sites for hydroxylation is 1. The van der Waals surface area contributed by atoms with Crippen LogP contribution in [0, 0.1) is 6.92 Å². The molecule has 2 aliphatic rings. The summed E-state index contributed by atoms with van der Waals surface area (Å²) in [6.45, 7) is 2.25. The molecule has 0 amide bonds. The minimum Gasteiger partial charge on any atom is -0.354 e. The number of anilines is 3. The van der Waals surface area contributed by atoms with E-state index in [-0.39, 0.29) is 0 Å². The predicted molar refractivity (Wildman–Crippen MR) is 216 cm³/mol. The van der Waals surface area contributed by atoms with Gasteiger partial charge in [-0.05, 0) is 80.8 Å². The van der Waals surface area contributed by atoms with Crippen LogP contribution in [0.25, 0.3) is 43.7 Å².